The highest BCUT2D eigenvalue weighted by Crippen LogP contribution is 2.17. The molecule has 0 aromatic carbocycles. The van der Waals surface area contributed by atoms with E-state index in [1.165, 1.54) is 11.3 Å². The molecule has 0 unspecified atom stereocenters. The van der Waals surface area contributed by atoms with Crippen molar-refractivity contribution in [3.8, 4) is 0 Å². The minimum absolute atomic E-state index is 0.00489. The molecule has 15 heavy (non-hydrogen) atoms. The van der Waals surface area contributed by atoms with Gasteiger partial charge in [-0.3, -0.25) is 4.79 Å². The Morgan fingerprint density at radius 3 is 2.87 bits per heavy atom. The maximum absolute atomic E-state index is 11.8. The first-order valence-electron chi connectivity index (χ1n) is 5.21. The summed E-state index contributed by atoms with van der Waals surface area (Å²) in [5, 5.41) is 13.7. The van der Waals surface area contributed by atoms with Gasteiger partial charge in [0, 0.05) is 0 Å². The van der Waals surface area contributed by atoms with Crippen molar-refractivity contribution in [2.75, 3.05) is 6.61 Å². The van der Waals surface area contributed by atoms with Crippen LogP contribution in [0.3, 0.4) is 0 Å². The summed E-state index contributed by atoms with van der Waals surface area (Å²) < 4.78 is 0. The van der Waals surface area contributed by atoms with Crippen molar-refractivity contribution in [2.24, 2.45) is 0 Å². The standard InChI is InChI=1S/C11H17NO2S/c1-3-8-5-6-15-10(8)11(14)12-9(4-2)7-13/h5-6,9,13H,3-4,7H2,1-2H3,(H,12,14)/t9-/m0/s1. The molecule has 1 aromatic heterocycles. The Morgan fingerprint density at radius 2 is 2.33 bits per heavy atom. The van der Waals surface area contributed by atoms with Crippen molar-refractivity contribution in [2.45, 2.75) is 32.7 Å². The van der Waals surface area contributed by atoms with Gasteiger partial charge in [0.15, 0.2) is 0 Å². The number of amides is 1. The first kappa shape index (κ1) is 12.2. The second-order valence-corrected chi connectivity index (χ2v) is 4.31. The highest BCUT2D eigenvalue weighted by Gasteiger charge is 2.15. The maximum atomic E-state index is 11.8. The highest BCUT2D eigenvalue weighted by atomic mass is 32.1. The van der Waals surface area contributed by atoms with Crippen LogP contribution in [0.1, 0.15) is 35.5 Å². The number of carbonyl (C=O) groups is 1. The zero-order chi connectivity index (χ0) is 11.3. The number of aliphatic hydroxyl groups excluding tert-OH is 1. The molecule has 0 aliphatic carbocycles. The van der Waals surface area contributed by atoms with Gasteiger partial charge < -0.3 is 10.4 Å². The number of aliphatic hydroxyl groups is 1. The van der Waals surface area contributed by atoms with Crippen LogP contribution in [-0.2, 0) is 6.42 Å². The summed E-state index contributed by atoms with van der Waals surface area (Å²) in [4.78, 5) is 12.6. The van der Waals surface area contributed by atoms with E-state index in [1.807, 2.05) is 25.3 Å². The molecular weight excluding hydrogens is 210 g/mol. The van der Waals surface area contributed by atoms with Crippen molar-refractivity contribution in [1.29, 1.82) is 0 Å². The summed E-state index contributed by atoms with van der Waals surface area (Å²) in [6.07, 6.45) is 1.61. The highest BCUT2D eigenvalue weighted by molar-refractivity contribution is 7.12. The van der Waals surface area contributed by atoms with E-state index < -0.39 is 0 Å². The van der Waals surface area contributed by atoms with Crippen molar-refractivity contribution in [1.82, 2.24) is 5.32 Å². The quantitative estimate of drug-likeness (QED) is 0.806. The van der Waals surface area contributed by atoms with Gasteiger partial charge >= 0.3 is 0 Å². The lowest BCUT2D eigenvalue weighted by atomic mass is 10.2. The lowest BCUT2D eigenvalue weighted by molar-refractivity contribution is 0.0918. The third-order valence-electron chi connectivity index (χ3n) is 2.38. The maximum Gasteiger partial charge on any atom is 0.261 e. The smallest absolute Gasteiger partial charge is 0.261 e. The predicted octanol–water partition coefficient (Wildman–Crippen LogP) is 1.81. The van der Waals surface area contributed by atoms with Crippen molar-refractivity contribution in [3.63, 3.8) is 0 Å². The lowest BCUT2D eigenvalue weighted by Crippen LogP contribution is -2.36. The summed E-state index contributed by atoms with van der Waals surface area (Å²) >= 11 is 1.45. The number of aryl methyl sites for hydroxylation is 1. The molecule has 0 aliphatic rings. The van der Waals surface area contributed by atoms with Gasteiger partial charge in [0.1, 0.15) is 0 Å². The van der Waals surface area contributed by atoms with E-state index in [4.69, 9.17) is 5.11 Å². The van der Waals surface area contributed by atoms with Crippen LogP contribution >= 0.6 is 11.3 Å². The molecule has 2 N–H and O–H groups in total. The zero-order valence-corrected chi connectivity index (χ0v) is 9.93. The van der Waals surface area contributed by atoms with Crippen molar-refractivity contribution >= 4 is 17.2 Å². The fourth-order valence-electron chi connectivity index (χ4n) is 1.34. The van der Waals surface area contributed by atoms with Crippen LogP contribution < -0.4 is 5.32 Å². The van der Waals surface area contributed by atoms with Gasteiger partial charge in [-0.25, -0.2) is 0 Å². The molecule has 4 heteroatoms. The summed E-state index contributed by atoms with van der Waals surface area (Å²) in [5.41, 5.74) is 1.07. The van der Waals surface area contributed by atoms with Gasteiger partial charge in [0.05, 0.1) is 17.5 Å². The third kappa shape index (κ3) is 3.04. The van der Waals surface area contributed by atoms with Gasteiger partial charge in [-0.2, -0.15) is 0 Å². The van der Waals surface area contributed by atoms with Gasteiger partial charge in [-0.1, -0.05) is 13.8 Å². The van der Waals surface area contributed by atoms with E-state index in [9.17, 15) is 4.79 Å². The second kappa shape index (κ2) is 5.88. The number of hydrogen-bond acceptors (Lipinski definition) is 3. The minimum Gasteiger partial charge on any atom is -0.394 e. The number of rotatable bonds is 5. The first-order valence-corrected chi connectivity index (χ1v) is 6.08. The largest absolute Gasteiger partial charge is 0.394 e. The Balaban J connectivity index is 2.68. The molecule has 0 fully saturated rings. The third-order valence-corrected chi connectivity index (χ3v) is 3.34. The van der Waals surface area contributed by atoms with E-state index >= 15 is 0 Å². The van der Waals surface area contributed by atoms with Crippen LogP contribution in [-0.4, -0.2) is 23.7 Å². The van der Waals surface area contributed by atoms with E-state index in [2.05, 4.69) is 5.32 Å². The van der Waals surface area contributed by atoms with E-state index in [1.54, 1.807) is 0 Å². The molecule has 0 spiro atoms. The van der Waals surface area contributed by atoms with E-state index in [0.717, 1.165) is 23.3 Å². The Morgan fingerprint density at radius 1 is 1.60 bits per heavy atom. The monoisotopic (exact) mass is 227 g/mol. The fourth-order valence-corrected chi connectivity index (χ4v) is 2.24. The molecule has 0 bridgehead atoms. The van der Waals surface area contributed by atoms with Crippen LogP contribution in [0.4, 0.5) is 0 Å². The average molecular weight is 227 g/mol. The lowest BCUT2D eigenvalue weighted by Gasteiger charge is -2.13. The van der Waals surface area contributed by atoms with E-state index in [-0.39, 0.29) is 18.6 Å². The summed E-state index contributed by atoms with van der Waals surface area (Å²) in [7, 11) is 0. The minimum atomic E-state index is -0.135. The molecule has 0 aliphatic heterocycles. The number of nitrogens with one attached hydrogen (secondary N) is 1. The predicted molar refractivity (Wildman–Crippen MR) is 62.3 cm³/mol. The normalized spacial score (nSPS) is 12.5. The first-order chi connectivity index (χ1) is 7.22. The SMILES string of the molecule is CCc1ccsc1C(=O)N[C@@H](CC)CO. The molecule has 3 nitrogen and oxygen atoms in total. The fraction of sp³-hybridized carbons (Fsp3) is 0.545. The Hall–Kier alpha value is -0.870. The topological polar surface area (TPSA) is 49.3 Å². The molecule has 0 saturated carbocycles. The molecular formula is C11H17NO2S. The average Bonchev–Trinajstić information content (AvgIpc) is 2.73. The molecule has 0 radical (unpaired) electrons. The number of thiophene rings is 1. The summed E-state index contributed by atoms with van der Waals surface area (Å²) in [6.45, 7) is 3.97. The molecule has 1 rings (SSSR count). The van der Waals surface area contributed by atoms with Crippen LogP contribution in [0.25, 0.3) is 0 Å². The molecule has 1 atom stereocenters. The molecule has 84 valence electrons. The Bertz CT molecular complexity index is 318. The Kier molecular flexibility index (Phi) is 4.78. The van der Waals surface area contributed by atoms with Crippen LogP contribution in [0.5, 0.6) is 0 Å². The van der Waals surface area contributed by atoms with Gasteiger partial charge in [-0.15, -0.1) is 11.3 Å². The van der Waals surface area contributed by atoms with Crippen LogP contribution in [0.2, 0.25) is 0 Å². The molecule has 1 amide bonds. The molecule has 0 saturated heterocycles. The van der Waals surface area contributed by atoms with E-state index in [0.29, 0.717) is 0 Å². The zero-order valence-electron chi connectivity index (χ0n) is 9.12. The van der Waals surface area contributed by atoms with Crippen LogP contribution in [0, 0.1) is 0 Å². The molecule has 1 aromatic rings. The van der Waals surface area contributed by atoms with Crippen molar-refractivity contribution in [3.05, 3.63) is 21.9 Å². The Labute approximate surface area is 94.1 Å². The van der Waals surface area contributed by atoms with Gasteiger partial charge in [0.25, 0.3) is 5.91 Å². The van der Waals surface area contributed by atoms with Crippen LogP contribution in [0.15, 0.2) is 11.4 Å². The van der Waals surface area contributed by atoms with Gasteiger partial charge in [-0.05, 0) is 29.9 Å². The second-order valence-electron chi connectivity index (χ2n) is 3.39. The van der Waals surface area contributed by atoms with Crippen molar-refractivity contribution < 1.29 is 9.90 Å². The molecule has 1 heterocycles. The number of hydrogen-bond donors (Lipinski definition) is 2. The summed E-state index contributed by atoms with van der Waals surface area (Å²) in [5.74, 6) is -0.0669. The summed E-state index contributed by atoms with van der Waals surface area (Å²) in [6, 6.07) is 1.84. The van der Waals surface area contributed by atoms with Gasteiger partial charge in [0.2, 0.25) is 0 Å². The number of carbonyl (C=O) groups excluding carboxylic acids is 1.